The van der Waals surface area contributed by atoms with Gasteiger partial charge in [-0.15, -0.1) is 0 Å². The highest BCUT2D eigenvalue weighted by Gasteiger charge is 2.43. The average Bonchev–Trinajstić information content (AvgIpc) is 3.21. The Labute approximate surface area is 174 Å². The van der Waals surface area contributed by atoms with Gasteiger partial charge in [-0.3, -0.25) is 9.59 Å². The minimum atomic E-state index is -0.336. The zero-order valence-electron chi connectivity index (χ0n) is 15.8. The fraction of sp³-hybridized carbons (Fsp3) is 0.273. The minimum absolute atomic E-state index is 0.319. The molecule has 2 heterocycles. The van der Waals surface area contributed by atoms with Crippen LogP contribution in [0.15, 0.2) is 42.1 Å². The van der Waals surface area contributed by atoms with Crippen molar-refractivity contribution >= 4 is 46.3 Å². The number of carbonyl (C=O) groups excluding carboxylic acids is 2. The number of imide groups is 1. The SMILES string of the molecule is Cc1ccc(C2=C(N3CCCC3)C(=O)N(c3cc(Cl)cc(Cl)c3)C2=O)c(C)c1. The Balaban J connectivity index is 1.88. The van der Waals surface area contributed by atoms with Crippen molar-refractivity contribution in [3.8, 4) is 0 Å². The van der Waals surface area contributed by atoms with E-state index in [4.69, 9.17) is 23.2 Å². The summed E-state index contributed by atoms with van der Waals surface area (Å²) in [4.78, 5) is 30.1. The largest absolute Gasteiger partial charge is 0.366 e. The third kappa shape index (κ3) is 3.21. The van der Waals surface area contributed by atoms with Gasteiger partial charge in [0.25, 0.3) is 11.8 Å². The summed E-state index contributed by atoms with van der Waals surface area (Å²) in [6, 6.07) is 10.7. The summed E-state index contributed by atoms with van der Waals surface area (Å²) >= 11 is 12.3. The predicted octanol–water partition coefficient (Wildman–Crippen LogP) is 4.99. The molecule has 0 radical (unpaired) electrons. The van der Waals surface area contributed by atoms with Gasteiger partial charge in [0.15, 0.2) is 0 Å². The van der Waals surface area contributed by atoms with E-state index in [1.54, 1.807) is 18.2 Å². The lowest BCUT2D eigenvalue weighted by Gasteiger charge is -2.20. The summed E-state index contributed by atoms with van der Waals surface area (Å²) in [5, 5.41) is 0.761. The van der Waals surface area contributed by atoms with E-state index < -0.39 is 0 Å². The van der Waals surface area contributed by atoms with E-state index in [9.17, 15) is 9.59 Å². The van der Waals surface area contributed by atoms with Gasteiger partial charge in [-0.1, -0.05) is 47.0 Å². The van der Waals surface area contributed by atoms with Crippen LogP contribution in [0.4, 0.5) is 5.69 Å². The fourth-order valence-corrected chi connectivity index (χ4v) is 4.51. The van der Waals surface area contributed by atoms with Crippen LogP contribution in [0.2, 0.25) is 10.0 Å². The first-order valence-corrected chi connectivity index (χ1v) is 10.0. The van der Waals surface area contributed by atoms with Gasteiger partial charge in [-0.25, -0.2) is 4.90 Å². The second-order valence-electron chi connectivity index (χ2n) is 7.31. The molecule has 2 aromatic carbocycles. The van der Waals surface area contributed by atoms with Gasteiger partial charge < -0.3 is 4.90 Å². The molecule has 0 aliphatic carbocycles. The second-order valence-corrected chi connectivity index (χ2v) is 8.18. The van der Waals surface area contributed by atoms with Crippen LogP contribution in [-0.4, -0.2) is 29.8 Å². The van der Waals surface area contributed by atoms with Gasteiger partial charge >= 0.3 is 0 Å². The highest BCUT2D eigenvalue weighted by molar-refractivity contribution is 6.46. The van der Waals surface area contributed by atoms with Crippen molar-refractivity contribution in [3.63, 3.8) is 0 Å². The molecule has 0 spiro atoms. The average molecular weight is 415 g/mol. The Morgan fingerprint density at radius 1 is 0.857 bits per heavy atom. The summed E-state index contributed by atoms with van der Waals surface area (Å²) in [5.41, 5.74) is 4.20. The molecule has 0 N–H and O–H groups in total. The first-order valence-electron chi connectivity index (χ1n) is 9.28. The van der Waals surface area contributed by atoms with Crippen LogP contribution in [0.1, 0.15) is 29.5 Å². The van der Waals surface area contributed by atoms with Crippen LogP contribution in [0.25, 0.3) is 5.57 Å². The van der Waals surface area contributed by atoms with Crippen molar-refractivity contribution in [1.29, 1.82) is 0 Å². The molecular formula is C22H20Cl2N2O2. The highest BCUT2D eigenvalue weighted by Crippen LogP contribution is 2.38. The van der Waals surface area contributed by atoms with Crippen molar-refractivity contribution in [2.75, 3.05) is 18.0 Å². The Bertz CT molecular complexity index is 1000. The molecule has 1 saturated heterocycles. The van der Waals surface area contributed by atoms with Crippen molar-refractivity contribution in [2.24, 2.45) is 0 Å². The number of amides is 2. The molecule has 6 heteroatoms. The fourth-order valence-electron chi connectivity index (χ4n) is 3.99. The third-order valence-electron chi connectivity index (χ3n) is 5.24. The van der Waals surface area contributed by atoms with Gasteiger partial charge in [0.1, 0.15) is 5.70 Å². The Kier molecular flexibility index (Phi) is 4.94. The lowest BCUT2D eigenvalue weighted by molar-refractivity contribution is -0.120. The molecule has 0 unspecified atom stereocenters. The molecule has 0 saturated carbocycles. The van der Waals surface area contributed by atoms with E-state index >= 15 is 0 Å². The van der Waals surface area contributed by atoms with Crippen LogP contribution in [0, 0.1) is 13.8 Å². The quantitative estimate of drug-likeness (QED) is 0.664. The molecule has 0 aromatic heterocycles. The molecule has 4 rings (SSSR count). The predicted molar refractivity (Wildman–Crippen MR) is 113 cm³/mol. The molecule has 2 aliphatic heterocycles. The van der Waals surface area contributed by atoms with Gasteiger partial charge in [-0.05, 0) is 56.0 Å². The molecule has 2 amide bonds. The van der Waals surface area contributed by atoms with Crippen LogP contribution in [-0.2, 0) is 9.59 Å². The molecule has 4 nitrogen and oxygen atoms in total. The summed E-state index contributed by atoms with van der Waals surface area (Å²) in [7, 11) is 0. The maximum absolute atomic E-state index is 13.5. The summed E-state index contributed by atoms with van der Waals surface area (Å²) < 4.78 is 0. The van der Waals surface area contributed by atoms with Crippen molar-refractivity contribution in [1.82, 2.24) is 4.90 Å². The first kappa shape index (κ1) is 19.0. The lowest BCUT2D eigenvalue weighted by atomic mass is 9.97. The number of benzene rings is 2. The zero-order chi connectivity index (χ0) is 20.0. The maximum Gasteiger partial charge on any atom is 0.282 e. The molecule has 1 fully saturated rings. The van der Waals surface area contributed by atoms with E-state index in [0.717, 1.165) is 42.6 Å². The topological polar surface area (TPSA) is 40.6 Å². The number of nitrogens with zero attached hydrogens (tertiary/aromatic N) is 2. The third-order valence-corrected chi connectivity index (χ3v) is 5.67. The molecule has 144 valence electrons. The summed E-state index contributed by atoms with van der Waals surface area (Å²) in [6.45, 7) is 5.52. The molecular weight excluding hydrogens is 395 g/mol. The standard InChI is InChI=1S/C22H20Cl2N2O2/c1-13-5-6-18(14(2)9-13)19-20(25-7-3-4-8-25)22(28)26(21(19)27)17-11-15(23)10-16(24)12-17/h5-6,9-12H,3-4,7-8H2,1-2H3. The second kappa shape index (κ2) is 7.26. The van der Waals surface area contributed by atoms with E-state index in [-0.39, 0.29) is 11.8 Å². The van der Waals surface area contributed by atoms with Gasteiger partial charge in [-0.2, -0.15) is 0 Å². The van der Waals surface area contributed by atoms with Crippen molar-refractivity contribution in [3.05, 3.63) is 68.8 Å². The van der Waals surface area contributed by atoms with Gasteiger partial charge in [0.05, 0.1) is 11.3 Å². The first-order chi connectivity index (χ1) is 13.4. The summed E-state index contributed by atoms with van der Waals surface area (Å²) in [6.07, 6.45) is 2.02. The minimum Gasteiger partial charge on any atom is -0.366 e. The Morgan fingerprint density at radius 3 is 2.11 bits per heavy atom. The number of aryl methyl sites for hydroxylation is 2. The Hall–Kier alpha value is -2.30. The van der Waals surface area contributed by atoms with E-state index in [2.05, 4.69) is 0 Å². The van der Waals surface area contributed by atoms with Crippen LogP contribution in [0.5, 0.6) is 0 Å². The normalized spacial score (nSPS) is 17.3. The van der Waals surface area contributed by atoms with Crippen LogP contribution >= 0.6 is 23.2 Å². The molecule has 0 bridgehead atoms. The van der Waals surface area contributed by atoms with Crippen LogP contribution < -0.4 is 4.90 Å². The number of halogens is 2. The molecule has 0 atom stereocenters. The van der Waals surface area contributed by atoms with Gasteiger partial charge in [0, 0.05) is 23.1 Å². The number of rotatable bonds is 3. The van der Waals surface area contributed by atoms with E-state index in [0.29, 0.717) is 27.0 Å². The van der Waals surface area contributed by atoms with Gasteiger partial charge in [0.2, 0.25) is 0 Å². The maximum atomic E-state index is 13.5. The number of hydrogen-bond donors (Lipinski definition) is 0. The highest BCUT2D eigenvalue weighted by atomic mass is 35.5. The molecule has 28 heavy (non-hydrogen) atoms. The van der Waals surface area contributed by atoms with Crippen molar-refractivity contribution in [2.45, 2.75) is 26.7 Å². The molecule has 2 aromatic rings. The van der Waals surface area contributed by atoms with E-state index in [1.807, 2.05) is 36.9 Å². The Morgan fingerprint density at radius 2 is 1.50 bits per heavy atom. The lowest BCUT2D eigenvalue weighted by Crippen LogP contribution is -2.34. The van der Waals surface area contributed by atoms with E-state index in [1.165, 1.54) is 4.90 Å². The molecule has 2 aliphatic rings. The summed E-state index contributed by atoms with van der Waals surface area (Å²) in [5.74, 6) is -0.655. The smallest absolute Gasteiger partial charge is 0.282 e. The zero-order valence-corrected chi connectivity index (χ0v) is 17.3. The van der Waals surface area contributed by atoms with Crippen molar-refractivity contribution < 1.29 is 9.59 Å². The monoisotopic (exact) mass is 414 g/mol. The number of hydrogen-bond acceptors (Lipinski definition) is 3. The number of carbonyl (C=O) groups is 2. The number of anilines is 1. The van der Waals surface area contributed by atoms with Crippen LogP contribution in [0.3, 0.4) is 0 Å². The number of likely N-dealkylation sites (tertiary alicyclic amines) is 1.